The minimum absolute atomic E-state index is 0.0439. The first-order valence-electron chi connectivity index (χ1n) is 9.64. The Balaban J connectivity index is 1.42. The minimum atomic E-state index is -0.314. The van der Waals surface area contributed by atoms with E-state index >= 15 is 0 Å². The number of nitrogens with zero attached hydrogens (tertiary/aromatic N) is 2. The molecule has 1 N–H and O–H groups in total. The first kappa shape index (κ1) is 19.2. The monoisotopic (exact) mass is 373 g/mol. The Hall–Kier alpha value is -2.57. The minimum Gasteiger partial charge on any atom is -0.449 e. The molecule has 0 unspecified atom stereocenters. The lowest BCUT2D eigenvalue weighted by atomic mass is 9.96. The summed E-state index contributed by atoms with van der Waals surface area (Å²) in [4.78, 5) is 39.6. The number of nitrogens with one attached hydrogen (secondary N) is 1. The third-order valence-corrected chi connectivity index (χ3v) is 5.12. The number of ether oxygens (including phenoxy) is 1. The molecule has 2 fully saturated rings. The summed E-state index contributed by atoms with van der Waals surface area (Å²) in [6.45, 7) is 3.09. The highest BCUT2D eigenvalue weighted by Crippen LogP contribution is 2.18. The maximum atomic E-state index is 12.5. The van der Waals surface area contributed by atoms with Gasteiger partial charge in [-0.3, -0.25) is 9.59 Å². The van der Waals surface area contributed by atoms with Gasteiger partial charge in [-0.15, -0.1) is 0 Å². The van der Waals surface area contributed by atoms with E-state index in [1.54, 1.807) is 9.80 Å². The van der Waals surface area contributed by atoms with Crippen LogP contribution in [0.3, 0.4) is 0 Å². The molecule has 3 amide bonds. The maximum absolute atomic E-state index is 12.5. The summed E-state index contributed by atoms with van der Waals surface area (Å²) >= 11 is 0. The summed E-state index contributed by atoms with van der Waals surface area (Å²) in [5.41, 5.74) is 1.19. The van der Waals surface area contributed by atoms with Gasteiger partial charge in [0.2, 0.25) is 11.8 Å². The summed E-state index contributed by atoms with van der Waals surface area (Å²) in [7, 11) is 0. The highest BCUT2D eigenvalue weighted by molar-refractivity contribution is 5.83. The molecule has 0 spiro atoms. The quantitative estimate of drug-likeness (QED) is 0.784. The first-order valence-corrected chi connectivity index (χ1v) is 9.64. The fraction of sp³-hybridized carbons (Fsp3) is 0.550. The number of rotatable bonds is 7. The van der Waals surface area contributed by atoms with E-state index in [2.05, 4.69) is 5.32 Å². The molecular weight excluding hydrogens is 346 g/mol. The lowest BCUT2D eigenvalue weighted by Crippen LogP contribution is -2.48. The van der Waals surface area contributed by atoms with Crippen molar-refractivity contribution >= 4 is 17.9 Å². The Labute approximate surface area is 159 Å². The molecule has 7 heteroatoms. The van der Waals surface area contributed by atoms with Gasteiger partial charge in [-0.05, 0) is 24.8 Å². The molecule has 1 atom stereocenters. The number of carbonyl (C=O) groups excluding carboxylic acids is 3. The second-order valence-electron chi connectivity index (χ2n) is 7.06. The predicted molar refractivity (Wildman–Crippen MR) is 100.0 cm³/mol. The van der Waals surface area contributed by atoms with Crippen molar-refractivity contribution in [2.45, 2.75) is 25.7 Å². The molecule has 7 nitrogen and oxygen atoms in total. The number of amides is 3. The smallest absolute Gasteiger partial charge is 0.409 e. The van der Waals surface area contributed by atoms with Gasteiger partial charge in [0.25, 0.3) is 0 Å². The normalized spacial score (nSPS) is 20.4. The van der Waals surface area contributed by atoms with E-state index < -0.39 is 0 Å². The van der Waals surface area contributed by atoms with Crippen LogP contribution in [0, 0.1) is 5.92 Å². The van der Waals surface area contributed by atoms with Gasteiger partial charge in [0.1, 0.15) is 0 Å². The topological polar surface area (TPSA) is 79.0 Å². The van der Waals surface area contributed by atoms with Gasteiger partial charge >= 0.3 is 6.09 Å². The van der Waals surface area contributed by atoms with E-state index in [9.17, 15) is 14.4 Å². The summed E-state index contributed by atoms with van der Waals surface area (Å²) in [6, 6.07) is 10.0. The molecule has 2 heterocycles. The maximum Gasteiger partial charge on any atom is 0.409 e. The lowest BCUT2D eigenvalue weighted by molar-refractivity contribution is -0.138. The number of cyclic esters (lactones) is 1. The number of carbonyl (C=O) groups is 3. The van der Waals surface area contributed by atoms with Crippen LogP contribution >= 0.6 is 0 Å². The van der Waals surface area contributed by atoms with Crippen LogP contribution in [0.5, 0.6) is 0 Å². The Morgan fingerprint density at radius 2 is 1.96 bits per heavy atom. The van der Waals surface area contributed by atoms with Gasteiger partial charge in [-0.1, -0.05) is 30.3 Å². The Kier molecular flexibility index (Phi) is 6.68. The van der Waals surface area contributed by atoms with Crippen LogP contribution in [-0.2, 0) is 20.7 Å². The van der Waals surface area contributed by atoms with Gasteiger partial charge in [0.05, 0.1) is 12.5 Å². The van der Waals surface area contributed by atoms with Crippen molar-refractivity contribution in [3.05, 3.63) is 35.9 Å². The summed E-state index contributed by atoms with van der Waals surface area (Å²) in [5, 5.41) is 2.90. The number of benzene rings is 1. The zero-order valence-electron chi connectivity index (χ0n) is 15.6. The molecule has 0 radical (unpaired) electrons. The third kappa shape index (κ3) is 5.45. The third-order valence-electron chi connectivity index (χ3n) is 5.12. The average molecular weight is 373 g/mol. The highest BCUT2D eigenvalue weighted by atomic mass is 16.6. The van der Waals surface area contributed by atoms with Crippen LogP contribution in [0.15, 0.2) is 30.3 Å². The molecule has 146 valence electrons. The van der Waals surface area contributed by atoms with E-state index in [4.69, 9.17) is 4.74 Å². The van der Waals surface area contributed by atoms with Crippen molar-refractivity contribution in [2.75, 3.05) is 39.3 Å². The predicted octanol–water partition coefficient (Wildman–Crippen LogP) is 1.43. The molecule has 0 saturated carbocycles. The van der Waals surface area contributed by atoms with Crippen LogP contribution < -0.4 is 5.32 Å². The SMILES string of the molecule is O=C(NCCN1CCCOC1=O)[C@@H]1CCC(=O)N(CCc2ccccc2)C1. The van der Waals surface area contributed by atoms with Crippen LogP contribution in [0.25, 0.3) is 0 Å². The number of hydrogen-bond acceptors (Lipinski definition) is 4. The average Bonchev–Trinajstić information content (AvgIpc) is 2.69. The molecule has 27 heavy (non-hydrogen) atoms. The number of hydrogen-bond donors (Lipinski definition) is 1. The van der Waals surface area contributed by atoms with Crippen molar-refractivity contribution in [3.8, 4) is 0 Å². The van der Waals surface area contributed by atoms with Gasteiger partial charge in [-0.2, -0.15) is 0 Å². The molecule has 3 rings (SSSR count). The Bertz CT molecular complexity index is 664. The Morgan fingerprint density at radius 3 is 2.74 bits per heavy atom. The summed E-state index contributed by atoms with van der Waals surface area (Å²) in [6.07, 6.45) is 2.29. The van der Waals surface area contributed by atoms with Gasteiger partial charge in [-0.25, -0.2) is 4.79 Å². The molecule has 1 aromatic carbocycles. The molecule has 0 aliphatic carbocycles. The van der Waals surface area contributed by atoms with Gasteiger partial charge in [0.15, 0.2) is 0 Å². The van der Waals surface area contributed by atoms with Crippen LogP contribution in [0.1, 0.15) is 24.8 Å². The van der Waals surface area contributed by atoms with Gasteiger partial charge in [0, 0.05) is 39.1 Å². The molecule has 0 bridgehead atoms. The molecule has 1 aromatic rings. The van der Waals surface area contributed by atoms with E-state index in [-0.39, 0.29) is 23.8 Å². The summed E-state index contributed by atoms with van der Waals surface area (Å²) < 4.78 is 4.98. The Morgan fingerprint density at radius 1 is 1.15 bits per heavy atom. The van der Waals surface area contributed by atoms with Gasteiger partial charge < -0.3 is 19.9 Å². The van der Waals surface area contributed by atoms with E-state index in [1.165, 1.54) is 5.56 Å². The van der Waals surface area contributed by atoms with E-state index in [1.807, 2.05) is 30.3 Å². The highest BCUT2D eigenvalue weighted by Gasteiger charge is 2.30. The van der Waals surface area contributed by atoms with Crippen molar-refractivity contribution in [3.63, 3.8) is 0 Å². The first-order chi connectivity index (χ1) is 13.1. The van der Waals surface area contributed by atoms with Crippen molar-refractivity contribution in [1.82, 2.24) is 15.1 Å². The number of piperidine rings is 1. The van der Waals surface area contributed by atoms with Crippen LogP contribution in [-0.4, -0.2) is 67.0 Å². The van der Waals surface area contributed by atoms with Crippen LogP contribution in [0.2, 0.25) is 0 Å². The fourth-order valence-corrected chi connectivity index (χ4v) is 3.51. The number of likely N-dealkylation sites (tertiary alicyclic amines) is 1. The standard InChI is InChI=1S/C20H27N3O4/c24-18-8-7-17(15-23(18)12-9-16-5-2-1-3-6-16)19(25)21-10-13-22-11-4-14-27-20(22)26/h1-3,5-6,17H,4,7-15H2,(H,21,25)/t17-/m1/s1. The summed E-state index contributed by atoms with van der Waals surface area (Å²) in [5.74, 6) is -0.115. The second kappa shape index (κ2) is 9.39. The zero-order valence-corrected chi connectivity index (χ0v) is 15.6. The van der Waals surface area contributed by atoms with E-state index in [0.717, 1.165) is 12.8 Å². The largest absolute Gasteiger partial charge is 0.449 e. The molecular formula is C20H27N3O4. The van der Waals surface area contributed by atoms with Crippen molar-refractivity contribution < 1.29 is 19.1 Å². The van der Waals surface area contributed by atoms with E-state index in [0.29, 0.717) is 52.2 Å². The van der Waals surface area contributed by atoms with Crippen molar-refractivity contribution in [2.24, 2.45) is 5.92 Å². The van der Waals surface area contributed by atoms with Crippen molar-refractivity contribution in [1.29, 1.82) is 0 Å². The molecule has 2 aliphatic heterocycles. The fourth-order valence-electron chi connectivity index (χ4n) is 3.51. The lowest BCUT2D eigenvalue weighted by Gasteiger charge is -2.32. The molecule has 2 aliphatic rings. The zero-order chi connectivity index (χ0) is 19.1. The molecule has 0 aromatic heterocycles. The van der Waals surface area contributed by atoms with Crippen LogP contribution in [0.4, 0.5) is 4.79 Å². The second-order valence-corrected chi connectivity index (χ2v) is 7.06. The molecule has 2 saturated heterocycles.